The first-order chi connectivity index (χ1) is 13.7. The third kappa shape index (κ3) is 5.74. The maximum atomic E-state index is 5.88. The fourth-order valence-corrected chi connectivity index (χ4v) is 4.26. The van der Waals surface area contributed by atoms with Gasteiger partial charge in [-0.3, -0.25) is 0 Å². The highest BCUT2D eigenvalue weighted by Gasteiger charge is 2.22. The monoisotopic (exact) mass is 400 g/mol. The Hall–Kier alpha value is -2.01. The van der Waals surface area contributed by atoms with Crippen LogP contribution in [0.5, 0.6) is 5.75 Å². The Balaban J connectivity index is 1.73. The number of nitrogens with zero attached hydrogens (tertiary/aromatic N) is 1. The molecule has 0 bridgehead atoms. The first kappa shape index (κ1) is 20.7. The number of furan rings is 1. The second-order valence-corrected chi connectivity index (χ2v) is 8.03. The molecule has 1 atom stereocenters. The molecule has 1 N–H and O–H groups in total. The summed E-state index contributed by atoms with van der Waals surface area (Å²) in [7, 11) is 1.69. The fraction of sp³-hybridized carbons (Fsp3) is 0.522. The Bertz CT molecular complexity index is 707. The molecule has 0 spiro atoms. The maximum Gasteiger partial charge on any atom is 0.170 e. The van der Waals surface area contributed by atoms with Crippen LogP contribution in [0.15, 0.2) is 47.1 Å². The first-order valence-corrected chi connectivity index (χ1v) is 10.8. The molecule has 1 aromatic heterocycles. The second kappa shape index (κ2) is 10.5. The number of rotatable bonds is 6. The van der Waals surface area contributed by atoms with Crippen molar-refractivity contribution in [1.29, 1.82) is 0 Å². The van der Waals surface area contributed by atoms with Crippen molar-refractivity contribution in [2.75, 3.05) is 7.11 Å². The van der Waals surface area contributed by atoms with Gasteiger partial charge in [0.1, 0.15) is 11.5 Å². The minimum Gasteiger partial charge on any atom is -0.497 e. The molecule has 1 fully saturated rings. The van der Waals surface area contributed by atoms with Gasteiger partial charge in [-0.05, 0) is 61.8 Å². The van der Waals surface area contributed by atoms with Crippen LogP contribution in [-0.2, 0) is 6.54 Å². The molecular formula is C23H32N2O2S. The molecule has 1 aliphatic carbocycles. The van der Waals surface area contributed by atoms with Gasteiger partial charge in [-0.2, -0.15) is 0 Å². The highest BCUT2D eigenvalue weighted by Crippen LogP contribution is 2.26. The van der Waals surface area contributed by atoms with E-state index in [0.717, 1.165) is 16.6 Å². The van der Waals surface area contributed by atoms with Crippen molar-refractivity contribution in [3.05, 3.63) is 54.0 Å². The van der Waals surface area contributed by atoms with Crippen LogP contribution in [-0.4, -0.2) is 23.2 Å². The number of nitrogens with one attached hydrogen (secondary N) is 1. The van der Waals surface area contributed by atoms with Crippen molar-refractivity contribution >= 4 is 17.3 Å². The summed E-state index contributed by atoms with van der Waals surface area (Å²) in [6, 6.07) is 12.8. The molecule has 2 aromatic rings. The molecule has 1 saturated carbocycles. The number of methoxy groups -OCH3 is 1. The number of hydrogen-bond acceptors (Lipinski definition) is 3. The van der Waals surface area contributed by atoms with E-state index in [1.165, 1.54) is 50.5 Å². The molecule has 0 radical (unpaired) electrons. The van der Waals surface area contributed by atoms with Crippen LogP contribution in [0.2, 0.25) is 0 Å². The van der Waals surface area contributed by atoms with E-state index in [9.17, 15) is 0 Å². The van der Waals surface area contributed by atoms with Gasteiger partial charge in [-0.15, -0.1) is 0 Å². The van der Waals surface area contributed by atoms with Crippen LogP contribution in [0.25, 0.3) is 0 Å². The lowest BCUT2D eigenvalue weighted by atomic mass is 9.97. The largest absolute Gasteiger partial charge is 0.497 e. The Morgan fingerprint density at radius 2 is 1.82 bits per heavy atom. The van der Waals surface area contributed by atoms with Crippen LogP contribution in [0.3, 0.4) is 0 Å². The third-order valence-electron chi connectivity index (χ3n) is 5.67. The quantitative estimate of drug-likeness (QED) is 0.617. The third-order valence-corrected chi connectivity index (χ3v) is 6.02. The van der Waals surface area contributed by atoms with E-state index in [0.29, 0.717) is 12.6 Å². The number of benzene rings is 1. The van der Waals surface area contributed by atoms with E-state index in [-0.39, 0.29) is 6.04 Å². The molecule has 28 heavy (non-hydrogen) atoms. The van der Waals surface area contributed by atoms with Crippen LogP contribution in [0, 0.1) is 0 Å². The molecule has 4 nitrogen and oxygen atoms in total. The van der Waals surface area contributed by atoms with Crippen molar-refractivity contribution < 1.29 is 9.15 Å². The number of hydrogen-bond donors (Lipinski definition) is 1. The molecule has 0 amide bonds. The Morgan fingerprint density at radius 1 is 1.14 bits per heavy atom. The molecule has 1 aromatic carbocycles. The van der Waals surface area contributed by atoms with E-state index < -0.39 is 0 Å². The molecule has 0 aliphatic heterocycles. The minimum absolute atomic E-state index is 0.129. The van der Waals surface area contributed by atoms with Gasteiger partial charge in [0.2, 0.25) is 0 Å². The van der Waals surface area contributed by atoms with Gasteiger partial charge in [0.15, 0.2) is 5.11 Å². The zero-order valence-corrected chi connectivity index (χ0v) is 17.8. The molecule has 0 saturated heterocycles. The summed E-state index contributed by atoms with van der Waals surface area (Å²) in [6.45, 7) is 2.84. The van der Waals surface area contributed by atoms with E-state index in [4.69, 9.17) is 21.4 Å². The fourth-order valence-electron chi connectivity index (χ4n) is 3.88. The normalized spacial score (nSPS) is 16.6. The van der Waals surface area contributed by atoms with Gasteiger partial charge < -0.3 is 19.4 Å². The van der Waals surface area contributed by atoms with E-state index in [1.54, 1.807) is 13.4 Å². The summed E-state index contributed by atoms with van der Waals surface area (Å²) < 4.78 is 10.9. The smallest absolute Gasteiger partial charge is 0.170 e. The van der Waals surface area contributed by atoms with E-state index >= 15 is 0 Å². The second-order valence-electron chi connectivity index (χ2n) is 7.65. The Labute approximate surface area is 174 Å². The average Bonchev–Trinajstić information content (AvgIpc) is 3.21. The average molecular weight is 401 g/mol. The van der Waals surface area contributed by atoms with E-state index in [1.807, 2.05) is 24.3 Å². The molecule has 5 heteroatoms. The maximum absolute atomic E-state index is 5.88. The minimum atomic E-state index is 0.129. The first-order valence-electron chi connectivity index (χ1n) is 10.4. The van der Waals surface area contributed by atoms with Crippen LogP contribution in [0.4, 0.5) is 0 Å². The highest BCUT2D eigenvalue weighted by atomic mass is 32.1. The molecular weight excluding hydrogens is 368 g/mol. The zero-order valence-electron chi connectivity index (χ0n) is 17.0. The molecule has 152 valence electrons. The van der Waals surface area contributed by atoms with Crippen LogP contribution in [0.1, 0.15) is 69.2 Å². The van der Waals surface area contributed by atoms with Gasteiger partial charge in [-0.1, -0.05) is 44.2 Å². The van der Waals surface area contributed by atoms with Gasteiger partial charge in [-0.25, -0.2) is 0 Å². The van der Waals surface area contributed by atoms with Crippen LogP contribution >= 0.6 is 12.2 Å². The molecule has 1 heterocycles. The summed E-state index contributed by atoms with van der Waals surface area (Å²) in [4.78, 5) is 2.23. The number of thiocarbonyl (C=S) groups is 1. The van der Waals surface area contributed by atoms with Crippen molar-refractivity contribution in [1.82, 2.24) is 10.2 Å². The van der Waals surface area contributed by atoms with Crippen molar-refractivity contribution in [2.45, 2.75) is 70.5 Å². The standard InChI is InChI=1S/C23H32N2O2S/c1-18(19-12-14-21(26-2)15-13-19)25(17-22-11-8-16-27-22)23(28)24-20-9-6-4-3-5-7-10-20/h8,11-16,18,20H,3-7,9-10,17H2,1-2H3,(H,24,28). The van der Waals surface area contributed by atoms with Crippen LogP contribution < -0.4 is 10.1 Å². The Morgan fingerprint density at radius 3 is 2.43 bits per heavy atom. The lowest BCUT2D eigenvalue weighted by Crippen LogP contribution is -2.45. The van der Waals surface area contributed by atoms with Crippen molar-refractivity contribution in [3.63, 3.8) is 0 Å². The SMILES string of the molecule is COc1ccc(C(C)N(Cc2ccco2)C(=S)NC2CCCCCCC2)cc1. The highest BCUT2D eigenvalue weighted by molar-refractivity contribution is 7.80. The summed E-state index contributed by atoms with van der Waals surface area (Å²) in [5.74, 6) is 1.78. The zero-order chi connectivity index (χ0) is 19.8. The molecule has 1 aliphatic rings. The van der Waals surface area contributed by atoms with Gasteiger partial charge in [0, 0.05) is 6.04 Å². The summed E-state index contributed by atoms with van der Waals surface area (Å²) in [6.07, 6.45) is 10.7. The summed E-state index contributed by atoms with van der Waals surface area (Å²) in [5.41, 5.74) is 1.20. The topological polar surface area (TPSA) is 37.6 Å². The Kier molecular flexibility index (Phi) is 7.78. The summed E-state index contributed by atoms with van der Waals surface area (Å²) >= 11 is 5.88. The van der Waals surface area contributed by atoms with Crippen molar-refractivity contribution in [3.8, 4) is 5.75 Å². The molecule has 3 rings (SSSR count). The van der Waals surface area contributed by atoms with Gasteiger partial charge in [0.25, 0.3) is 0 Å². The number of ether oxygens (including phenoxy) is 1. The molecule has 1 unspecified atom stereocenters. The van der Waals surface area contributed by atoms with Crippen molar-refractivity contribution in [2.24, 2.45) is 0 Å². The lowest BCUT2D eigenvalue weighted by Gasteiger charge is -2.34. The van der Waals surface area contributed by atoms with Gasteiger partial charge >= 0.3 is 0 Å². The predicted molar refractivity (Wildman–Crippen MR) is 118 cm³/mol. The predicted octanol–water partition coefficient (Wildman–Crippen LogP) is 5.84. The lowest BCUT2D eigenvalue weighted by molar-refractivity contribution is 0.288. The summed E-state index contributed by atoms with van der Waals surface area (Å²) in [5, 5.41) is 4.47. The van der Waals surface area contributed by atoms with Gasteiger partial charge in [0.05, 0.1) is 26.0 Å². The van der Waals surface area contributed by atoms with E-state index in [2.05, 4.69) is 29.3 Å².